The maximum atomic E-state index is 13.0. The maximum absolute atomic E-state index is 13.0. The van der Waals surface area contributed by atoms with Gasteiger partial charge in [-0.05, 0) is 69.4 Å². The van der Waals surface area contributed by atoms with Crippen LogP contribution in [-0.2, 0) is 24.2 Å². The first kappa shape index (κ1) is 22.8. The van der Waals surface area contributed by atoms with Crippen molar-refractivity contribution in [1.82, 2.24) is 14.8 Å². The van der Waals surface area contributed by atoms with Crippen LogP contribution in [0.4, 0.5) is 5.00 Å². The van der Waals surface area contributed by atoms with Gasteiger partial charge in [0.25, 0.3) is 0 Å². The van der Waals surface area contributed by atoms with Crippen LogP contribution < -0.4 is 5.32 Å². The number of amides is 1. The summed E-state index contributed by atoms with van der Waals surface area (Å²) in [5, 5.41) is 23.0. The standard InChI is InChI=1S/C23H24ClN5OS2/c1-3-29-20(15-9-11-16(24)12-10-15)27-28-23(29)31-14(2)21(30)26-22-18(13-25)17-7-5-4-6-8-19(17)32-22/h9-12,14H,3-8H2,1-2H3,(H,26,30). The molecule has 0 bridgehead atoms. The summed E-state index contributed by atoms with van der Waals surface area (Å²) in [7, 11) is 0. The van der Waals surface area contributed by atoms with Crippen LogP contribution in [-0.4, -0.2) is 25.9 Å². The molecule has 0 saturated carbocycles. The van der Waals surface area contributed by atoms with Crippen molar-refractivity contribution in [3.05, 3.63) is 45.3 Å². The zero-order valence-electron chi connectivity index (χ0n) is 18.0. The van der Waals surface area contributed by atoms with Crippen LogP contribution in [0.5, 0.6) is 0 Å². The van der Waals surface area contributed by atoms with Crippen LogP contribution in [0.15, 0.2) is 29.4 Å². The molecule has 0 aliphatic heterocycles. The number of aromatic nitrogens is 3. The highest BCUT2D eigenvalue weighted by molar-refractivity contribution is 8.00. The van der Waals surface area contributed by atoms with Crippen LogP contribution in [0.25, 0.3) is 11.4 Å². The molecule has 1 aromatic carbocycles. The molecule has 1 unspecified atom stereocenters. The molecule has 1 atom stereocenters. The van der Waals surface area contributed by atoms with Gasteiger partial charge < -0.3 is 9.88 Å². The number of nitriles is 1. The first-order chi connectivity index (χ1) is 15.5. The summed E-state index contributed by atoms with van der Waals surface area (Å²) in [6.07, 6.45) is 5.34. The number of fused-ring (bicyclic) bond motifs is 1. The normalized spacial score (nSPS) is 14.3. The molecule has 0 saturated heterocycles. The SMILES string of the molecule is CCn1c(SC(C)C(=O)Nc2sc3c(c2C#N)CCCCC3)nnc1-c1ccc(Cl)cc1. The second-order valence-electron chi connectivity index (χ2n) is 7.69. The van der Waals surface area contributed by atoms with Crippen molar-refractivity contribution < 1.29 is 4.79 Å². The summed E-state index contributed by atoms with van der Waals surface area (Å²) < 4.78 is 1.99. The molecule has 6 nitrogen and oxygen atoms in total. The largest absolute Gasteiger partial charge is 0.316 e. The second-order valence-corrected chi connectivity index (χ2v) is 10.5. The summed E-state index contributed by atoms with van der Waals surface area (Å²) in [6, 6.07) is 9.79. The van der Waals surface area contributed by atoms with Gasteiger partial charge in [-0.3, -0.25) is 4.79 Å². The van der Waals surface area contributed by atoms with Gasteiger partial charge in [-0.2, -0.15) is 5.26 Å². The minimum absolute atomic E-state index is 0.137. The predicted octanol–water partition coefficient (Wildman–Crippen LogP) is 5.94. The van der Waals surface area contributed by atoms with E-state index in [4.69, 9.17) is 11.6 Å². The summed E-state index contributed by atoms with van der Waals surface area (Å²) in [6.45, 7) is 4.55. The molecule has 1 N–H and O–H groups in total. The zero-order chi connectivity index (χ0) is 22.7. The van der Waals surface area contributed by atoms with E-state index >= 15 is 0 Å². The number of rotatable bonds is 6. The van der Waals surface area contributed by atoms with Crippen LogP contribution >= 0.6 is 34.7 Å². The molecule has 3 aromatic rings. The molecule has 2 aromatic heterocycles. The van der Waals surface area contributed by atoms with E-state index in [-0.39, 0.29) is 5.91 Å². The molecule has 1 aliphatic carbocycles. The smallest absolute Gasteiger partial charge is 0.238 e. The van der Waals surface area contributed by atoms with Crippen LogP contribution in [0.3, 0.4) is 0 Å². The van der Waals surface area contributed by atoms with Gasteiger partial charge in [0.05, 0.1) is 10.8 Å². The number of aryl methyl sites for hydroxylation is 1. The number of nitrogens with one attached hydrogen (secondary N) is 1. The molecule has 1 amide bonds. The highest BCUT2D eigenvalue weighted by Gasteiger charge is 2.24. The van der Waals surface area contributed by atoms with E-state index in [1.54, 1.807) is 11.3 Å². The summed E-state index contributed by atoms with van der Waals surface area (Å²) in [5.74, 6) is 0.606. The summed E-state index contributed by atoms with van der Waals surface area (Å²) in [5.41, 5.74) is 2.69. The third-order valence-corrected chi connectivity index (χ3v) is 8.10. The topological polar surface area (TPSA) is 83.6 Å². The van der Waals surface area contributed by atoms with Gasteiger partial charge in [0.15, 0.2) is 11.0 Å². The van der Waals surface area contributed by atoms with Crippen molar-refractivity contribution in [3.8, 4) is 17.5 Å². The highest BCUT2D eigenvalue weighted by Crippen LogP contribution is 2.37. The molecule has 9 heteroatoms. The Kier molecular flexibility index (Phi) is 7.19. The third-order valence-electron chi connectivity index (χ3n) is 5.56. The fourth-order valence-electron chi connectivity index (χ4n) is 3.85. The fourth-order valence-corrected chi connectivity index (χ4v) is 6.13. The Hall–Kier alpha value is -2.34. The Morgan fingerprint density at radius 3 is 2.75 bits per heavy atom. The molecular formula is C23H24ClN5OS2. The average Bonchev–Trinajstić information content (AvgIpc) is 3.25. The van der Waals surface area contributed by atoms with Crippen LogP contribution in [0.2, 0.25) is 5.02 Å². The Morgan fingerprint density at radius 2 is 2.03 bits per heavy atom. The first-order valence-electron chi connectivity index (χ1n) is 10.7. The van der Waals surface area contributed by atoms with Crippen LogP contribution in [0, 0.1) is 11.3 Å². The van der Waals surface area contributed by atoms with Crippen molar-refractivity contribution in [2.24, 2.45) is 0 Å². The molecule has 4 rings (SSSR count). The van der Waals surface area contributed by atoms with Crippen molar-refractivity contribution in [3.63, 3.8) is 0 Å². The number of nitrogens with zero attached hydrogens (tertiary/aromatic N) is 4. The molecule has 0 radical (unpaired) electrons. The average molecular weight is 486 g/mol. The molecule has 166 valence electrons. The number of anilines is 1. The highest BCUT2D eigenvalue weighted by atomic mass is 35.5. The number of carbonyl (C=O) groups excluding carboxylic acids is 1. The van der Waals surface area contributed by atoms with Gasteiger partial charge in [-0.1, -0.05) is 29.8 Å². The maximum Gasteiger partial charge on any atom is 0.238 e. The van der Waals surface area contributed by atoms with Crippen molar-refractivity contribution in [2.45, 2.75) is 62.9 Å². The number of halogens is 1. The lowest BCUT2D eigenvalue weighted by Gasteiger charge is -2.12. The Bertz CT molecular complexity index is 1160. The van der Waals surface area contributed by atoms with E-state index in [1.807, 2.05) is 42.7 Å². The fraction of sp³-hybridized carbons (Fsp3) is 0.391. The minimum atomic E-state index is -0.393. The molecule has 2 heterocycles. The number of hydrogen-bond acceptors (Lipinski definition) is 6. The molecular weight excluding hydrogens is 462 g/mol. The van der Waals surface area contributed by atoms with E-state index in [0.717, 1.165) is 42.6 Å². The molecule has 0 fully saturated rings. The van der Waals surface area contributed by atoms with Gasteiger partial charge in [0.1, 0.15) is 11.1 Å². The monoisotopic (exact) mass is 485 g/mol. The van der Waals surface area contributed by atoms with Gasteiger partial charge in [-0.15, -0.1) is 21.5 Å². The number of thiophene rings is 1. The number of thioether (sulfide) groups is 1. The summed E-state index contributed by atoms with van der Waals surface area (Å²) >= 11 is 8.92. The van der Waals surface area contributed by atoms with Gasteiger partial charge >= 0.3 is 0 Å². The van der Waals surface area contributed by atoms with E-state index in [0.29, 0.717) is 27.3 Å². The zero-order valence-corrected chi connectivity index (χ0v) is 20.4. The number of benzene rings is 1. The molecule has 0 spiro atoms. The van der Waals surface area contributed by atoms with Crippen molar-refractivity contribution in [1.29, 1.82) is 5.26 Å². The van der Waals surface area contributed by atoms with Crippen molar-refractivity contribution in [2.75, 3.05) is 5.32 Å². The number of carbonyl (C=O) groups is 1. The lowest BCUT2D eigenvalue weighted by Crippen LogP contribution is -2.23. The van der Waals surface area contributed by atoms with Crippen molar-refractivity contribution >= 4 is 45.6 Å². The summed E-state index contributed by atoms with van der Waals surface area (Å²) in [4.78, 5) is 14.2. The Morgan fingerprint density at radius 1 is 1.28 bits per heavy atom. The first-order valence-corrected chi connectivity index (χ1v) is 12.8. The minimum Gasteiger partial charge on any atom is -0.316 e. The third kappa shape index (κ3) is 4.70. The molecule has 32 heavy (non-hydrogen) atoms. The van der Waals surface area contributed by atoms with Crippen LogP contribution in [0.1, 0.15) is 49.1 Å². The van der Waals surface area contributed by atoms with E-state index in [1.165, 1.54) is 23.1 Å². The Labute approximate surface area is 201 Å². The van der Waals surface area contributed by atoms with E-state index in [2.05, 4.69) is 21.6 Å². The second kappa shape index (κ2) is 10.1. The van der Waals surface area contributed by atoms with Gasteiger partial charge in [0, 0.05) is 22.0 Å². The number of hydrogen-bond donors (Lipinski definition) is 1. The quantitative estimate of drug-likeness (QED) is 0.345. The predicted molar refractivity (Wildman–Crippen MR) is 130 cm³/mol. The Balaban J connectivity index is 1.50. The molecule has 1 aliphatic rings. The lowest BCUT2D eigenvalue weighted by molar-refractivity contribution is -0.115. The van der Waals surface area contributed by atoms with E-state index < -0.39 is 5.25 Å². The van der Waals surface area contributed by atoms with E-state index in [9.17, 15) is 10.1 Å². The lowest BCUT2D eigenvalue weighted by atomic mass is 10.1. The van der Waals surface area contributed by atoms with Gasteiger partial charge in [-0.25, -0.2) is 0 Å². The van der Waals surface area contributed by atoms with Gasteiger partial charge in [0.2, 0.25) is 5.91 Å².